The molecule has 0 atom stereocenters. The number of carbonyl (C=O) groups is 1. The number of likely N-dealkylation sites (N-methyl/N-ethyl adjacent to an activating group) is 1. The number of aromatic nitrogens is 2. The van der Waals surface area contributed by atoms with Gasteiger partial charge in [-0.25, -0.2) is 12.7 Å². The van der Waals surface area contributed by atoms with Gasteiger partial charge in [0.2, 0.25) is 10.0 Å². The lowest BCUT2D eigenvalue weighted by atomic mass is 9.88. The van der Waals surface area contributed by atoms with E-state index in [4.69, 9.17) is 5.73 Å². The minimum Gasteiger partial charge on any atom is -0.366 e. The molecule has 8 nitrogen and oxygen atoms in total. The average Bonchev–Trinajstić information content (AvgIpc) is 3.59. The highest BCUT2D eigenvalue weighted by molar-refractivity contribution is 7.89. The molecule has 0 unspecified atom stereocenters. The Morgan fingerprint density at radius 3 is 2.69 bits per heavy atom. The van der Waals surface area contributed by atoms with Gasteiger partial charge >= 0.3 is 0 Å². The topological polar surface area (TPSA) is 112 Å². The molecular weight excluding hydrogens is 530 g/mol. The Kier molecular flexibility index (Phi) is 8.18. The summed E-state index contributed by atoms with van der Waals surface area (Å²) in [5, 5.41) is 3.12. The van der Waals surface area contributed by atoms with Gasteiger partial charge < -0.3 is 15.6 Å². The molecule has 1 aliphatic heterocycles. The second-order valence-corrected chi connectivity index (χ2v) is 13.5. The Morgan fingerprint density at radius 1 is 1.21 bits per heavy atom. The van der Waals surface area contributed by atoms with Crippen LogP contribution in [0.2, 0.25) is 0 Å². The van der Waals surface area contributed by atoms with Crippen molar-refractivity contribution in [3.8, 4) is 11.1 Å². The molecule has 0 aliphatic carbocycles. The number of rotatable bonds is 10. The summed E-state index contributed by atoms with van der Waals surface area (Å²) < 4.78 is 26.2. The van der Waals surface area contributed by atoms with E-state index in [0.717, 1.165) is 65.6 Å². The van der Waals surface area contributed by atoms with Crippen LogP contribution in [0.3, 0.4) is 0 Å². The number of hydrogen-bond donors (Lipinski definition) is 2. The van der Waals surface area contributed by atoms with Gasteiger partial charge in [-0.3, -0.25) is 9.78 Å². The third kappa shape index (κ3) is 6.09. The molecule has 39 heavy (non-hydrogen) atoms. The van der Waals surface area contributed by atoms with E-state index in [1.165, 1.54) is 4.88 Å². The lowest BCUT2D eigenvalue weighted by Crippen LogP contribution is -2.38. The van der Waals surface area contributed by atoms with Gasteiger partial charge in [0, 0.05) is 61.0 Å². The van der Waals surface area contributed by atoms with Crippen molar-refractivity contribution in [2.75, 3.05) is 32.4 Å². The summed E-state index contributed by atoms with van der Waals surface area (Å²) in [5.74, 6) is -0.133. The van der Waals surface area contributed by atoms with Crippen LogP contribution >= 0.6 is 11.3 Å². The Labute approximate surface area is 233 Å². The molecule has 1 amide bonds. The Hall–Kier alpha value is -3.05. The molecule has 0 radical (unpaired) electrons. The van der Waals surface area contributed by atoms with Crippen LogP contribution in [0.4, 0.5) is 0 Å². The van der Waals surface area contributed by atoms with Crippen LogP contribution in [0.5, 0.6) is 0 Å². The van der Waals surface area contributed by atoms with Gasteiger partial charge in [0.05, 0.1) is 16.8 Å². The number of piperidine rings is 1. The normalized spacial score (nSPS) is 15.4. The van der Waals surface area contributed by atoms with E-state index >= 15 is 0 Å². The summed E-state index contributed by atoms with van der Waals surface area (Å²) >= 11 is 1.71. The molecule has 0 spiro atoms. The molecule has 4 heterocycles. The minimum atomic E-state index is -3.18. The van der Waals surface area contributed by atoms with Crippen molar-refractivity contribution in [2.24, 2.45) is 5.73 Å². The summed E-state index contributed by atoms with van der Waals surface area (Å²) in [6.07, 6.45) is 6.18. The average molecular weight is 566 g/mol. The van der Waals surface area contributed by atoms with Gasteiger partial charge in [-0.05, 0) is 85.1 Å². The van der Waals surface area contributed by atoms with Crippen molar-refractivity contribution in [3.05, 3.63) is 75.9 Å². The van der Waals surface area contributed by atoms with Crippen LogP contribution in [0.25, 0.3) is 22.0 Å². The summed E-state index contributed by atoms with van der Waals surface area (Å²) in [7, 11) is -1.07. The summed E-state index contributed by atoms with van der Waals surface area (Å²) in [4.78, 5) is 23.7. The van der Waals surface area contributed by atoms with Crippen molar-refractivity contribution in [1.29, 1.82) is 0 Å². The van der Waals surface area contributed by atoms with E-state index < -0.39 is 15.9 Å². The maximum atomic E-state index is 12.4. The zero-order valence-electron chi connectivity index (χ0n) is 22.4. The fourth-order valence-electron chi connectivity index (χ4n) is 5.39. The predicted octanol–water partition coefficient (Wildman–Crippen LogP) is 4.59. The quantitative estimate of drug-likeness (QED) is 0.292. The number of aromatic amines is 1. The second-order valence-electron chi connectivity index (χ2n) is 10.2. The Morgan fingerprint density at radius 2 is 2.00 bits per heavy atom. The number of amides is 1. The van der Waals surface area contributed by atoms with Crippen LogP contribution in [-0.4, -0.2) is 65.9 Å². The number of nitrogens with one attached hydrogen (secondary N) is 1. The van der Waals surface area contributed by atoms with E-state index in [1.807, 2.05) is 30.6 Å². The molecule has 1 aromatic carbocycles. The van der Waals surface area contributed by atoms with Crippen molar-refractivity contribution in [3.63, 3.8) is 0 Å². The van der Waals surface area contributed by atoms with E-state index in [0.29, 0.717) is 18.7 Å². The largest absolute Gasteiger partial charge is 0.366 e. The van der Waals surface area contributed by atoms with Gasteiger partial charge in [0.1, 0.15) is 0 Å². The number of hydrogen-bond acceptors (Lipinski definition) is 6. The van der Waals surface area contributed by atoms with Gasteiger partial charge in [0.15, 0.2) is 0 Å². The number of thiophene rings is 1. The SMILES string of the molecule is CCS(=O)(=O)N1CCC(c2c[nH]c3c(C(N)=O)cc(-c4csc(CN(C)CCc5ccccn5)c4)cc23)CC1. The maximum Gasteiger partial charge on any atom is 0.250 e. The van der Waals surface area contributed by atoms with E-state index in [2.05, 4.69) is 45.5 Å². The van der Waals surface area contributed by atoms with Gasteiger partial charge in [-0.15, -0.1) is 11.3 Å². The zero-order valence-corrected chi connectivity index (χ0v) is 24.0. The number of pyridine rings is 1. The molecule has 206 valence electrons. The molecule has 1 aliphatic rings. The van der Waals surface area contributed by atoms with E-state index in [-0.39, 0.29) is 11.7 Å². The fourth-order valence-corrected chi connectivity index (χ4v) is 7.50. The lowest BCUT2D eigenvalue weighted by molar-refractivity contribution is 0.100. The molecular formula is C29H35N5O3S2. The number of primary amides is 1. The Balaban J connectivity index is 1.36. The van der Waals surface area contributed by atoms with Crippen LogP contribution < -0.4 is 5.73 Å². The molecule has 5 rings (SSSR count). The monoisotopic (exact) mass is 565 g/mol. The fraction of sp³-hybridized carbons (Fsp3) is 0.379. The number of nitrogens with two attached hydrogens (primary N) is 1. The standard InChI is InChI=1S/C29H35N5O3S2/c1-3-39(36,37)34-12-7-20(8-13-34)27-17-32-28-25(27)15-21(16-26(28)29(30)35)22-14-24(38-19-22)18-33(2)11-9-23-6-4-5-10-31-23/h4-6,10,14-17,19-20,32H,3,7-9,11-13,18H2,1-2H3,(H2,30,35). The first-order chi connectivity index (χ1) is 18.7. The molecule has 3 aromatic heterocycles. The predicted molar refractivity (Wildman–Crippen MR) is 157 cm³/mol. The first kappa shape index (κ1) is 27.5. The van der Waals surface area contributed by atoms with Crippen molar-refractivity contribution in [2.45, 2.75) is 38.6 Å². The van der Waals surface area contributed by atoms with Crippen LogP contribution in [0.15, 0.2) is 54.2 Å². The van der Waals surface area contributed by atoms with Crippen LogP contribution in [0.1, 0.15) is 52.2 Å². The number of sulfonamides is 1. The lowest BCUT2D eigenvalue weighted by Gasteiger charge is -2.31. The number of fused-ring (bicyclic) bond motifs is 1. The molecule has 0 bridgehead atoms. The third-order valence-electron chi connectivity index (χ3n) is 7.63. The van der Waals surface area contributed by atoms with Crippen molar-refractivity contribution in [1.82, 2.24) is 19.2 Å². The summed E-state index contributed by atoms with van der Waals surface area (Å²) in [6.45, 7) is 4.45. The molecule has 1 fully saturated rings. The third-order valence-corrected chi connectivity index (χ3v) is 10.4. The molecule has 0 saturated carbocycles. The zero-order chi connectivity index (χ0) is 27.6. The second kappa shape index (κ2) is 11.6. The number of H-pyrrole nitrogens is 1. The Bertz CT molecular complexity index is 1550. The maximum absolute atomic E-state index is 12.4. The van der Waals surface area contributed by atoms with Crippen molar-refractivity contribution < 1.29 is 13.2 Å². The smallest absolute Gasteiger partial charge is 0.250 e. The number of benzene rings is 1. The van der Waals surface area contributed by atoms with Crippen LogP contribution in [0, 0.1) is 0 Å². The van der Waals surface area contributed by atoms with Gasteiger partial charge in [-0.2, -0.15) is 0 Å². The molecule has 3 N–H and O–H groups in total. The minimum absolute atomic E-state index is 0.124. The first-order valence-corrected chi connectivity index (χ1v) is 15.8. The molecule has 1 saturated heterocycles. The highest BCUT2D eigenvalue weighted by atomic mass is 32.2. The first-order valence-electron chi connectivity index (χ1n) is 13.3. The van der Waals surface area contributed by atoms with Gasteiger partial charge in [-0.1, -0.05) is 6.07 Å². The number of nitrogens with zero attached hydrogens (tertiary/aromatic N) is 3. The van der Waals surface area contributed by atoms with E-state index in [1.54, 1.807) is 22.6 Å². The highest BCUT2D eigenvalue weighted by Gasteiger charge is 2.29. The number of carbonyl (C=O) groups excluding carboxylic acids is 1. The summed E-state index contributed by atoms with van der Waals surface area (Å²) in [5.41, 5.74) is 11.3. The van der Waals surface area contributed by atoms with Gasteiger partial charge in [0.25, 0.3) is 5.91 Å². The summed E-state index contributed by atoms with van der Waals surface area (Å²) in [6, 6.07) is 12.2. The van der Waals surface area contributed by atoms with Crippen molar-refractivity contribution >= 4 is 38.2 Å². The molecule has 4 aromatic rings. The highest BCUT2D eigenvalue weighted by Crippen LogP contribution is 2.38. The molecule has 10 heteroatoms. The van der Waals surface area contributed by atoms with E-state index in [9.17, 15) is 13.2 Å². The van der Waals surface area contributed by atoms with Crippen LogP contribution in [-0.2, 0) is 23.0 Å².